The molecular formula is C53H61F4IN12O7. The van der Waals surface area contributed by atoms with Crippen molar-refractivity contribution in [3.05, 3.63) is 123 Å². The van der Waals surface area contributed by atoms with Crippen LogP contribution < -0.4 is 31.3 Å². The smallest absolute Gasteiger partial charge is 0.407 e. The van der Waals surface area contributed by atoms with Gasteiger partial charge >= 0.3 is 18.8 Å². The fraction of sp³-hybridized carbons (Fsp3) is 0.358. The number of amides is 4. The molecule has 0 saturated heterocycles. The molecule has 0 unspecified atom stereocenters. The van der Waals surface area contributed by atoms with Gasteiger partial charge in [0.2, 0.25) is 5.82 Å². The maximum atomic E-state index is 14.8. The first kappa shape index (κ1) is 58.5. The van der Waals surface area contributed by atoms with Gasteiger partial charge in [0, 0.05) is 84.6 Å². The molecule has 410 valence electrons. The minimum atomic E-state index is -3.30. The first-order chi connectivity index (χ1) is 36.5. The number of hydrogen-bond donors (Lipinski definition) is 6. The third kappa shape index (κ3) is 15.4. The van der Waals surface area contributed by atoms with Gasteiger partial charge in [0.25, 0.3) is 11.8 Å². The Morgan fingerprint density at radius 3 is 1.78 bits per heavy atom. The van der Waals surface area contributed by atoms with E-state index in [-0.39, 0.29) is 28.7 Å². The van der Waals surface area contributed by atoms with E-state index in [4.69, 9.17) is 4.74 Å². The molecule has 77 heavy (non-hydrogen) atoms. The number of carboxylic acid groups (broad SMARTS) is 1. The van der Waals surface area contributed by atoms with Crippen LogP contribution >= 0.6 is 22.6 Å². The van der Waals surface area contributed by atoms with Crippen LogP contribution in [0.15, 0.2) is 85.7 Å². The number of imidazole rings is 2. The van der Waals surface area contributed by atoms with E-state index < -0.39 is 47.3 Å². The standard InChI is InChI=1S/C30H32F4N6O4.C23H29IN6O3/c1-5-17-15-18(7-8-19(17)27(41)36-11-6-12-37-29(42)44-30(2,3)4)39-25-26-38-16-21(40(26)14-13-35-25)20-9-10-22(43-28(33)34)24(32)23(20)31;1-5-15-13-16(28-19-20-27-14-18(24)29(20)12-10-25-19)7-8-17(15)21(31)26-9-6-11-30(22(32)33)23(2,3)4/h7-10,13-16,28H,5-6,11-12H2,1-4H3,(H,35,39)(H,36,41)(H,37,42);7-8,10,12-14H,5-6,9,11H2,1-4H3,(H,25,28)(H,26,31)(H,32,33). The topological polar surface area (TPSA) is 231 Å². The highest BCUT2D eigenvalue weighted by Crippen LogP contribution is 2.33. The number of fused-ring (bicyclic) bond motifs is 2. The summed E-state index contributed by atoms with van der Waals surface area (Å²) in [4.78, 5) is 67.6. The average Bonchev–Trinajstić information content (AvgIpc) is 4.01. The first-order valence-electron chi connectivity index (χ1n) is 24.6. The fourth-order valence-corrected chi connectivity index (χ4v) is 8.42. The molecule has 0 aliphatic carbocycles. The lowest BCUT2D eigenvalue weighted by Gasteiger charge is -2.33. The molecule has 0 radical (unpaired) electrons. The zero-order valence-corrected chi connectivity index (χ0v) is 45.9. The summed E-state index contributed by atoms with van der Waals surface area (Å²) in [5, 5.41) is 24.2. The highest BCUT2D eigenvalue weighted by molar-refractivity contribution is 14.1. The van der Waals surface area contributed by atoms with Crippen LogP contribution in [0, 0.1) is 15.3 Å². The molecule has 24 heteroatoms. The van der Waals surface area contributed by atoms with Crippen molar-refractivity contribution in [2.45, 2.75) is 98.8 Å². The first-order valence-corrected chi connectivity index (χ1v) is 25.6. The summed E-state index contributed by atoms with van der Waals surface area (Å²) in [6.07, 6.45) is 10.4. The highest BCUT2D eigenvalue weighted by Gasteiger charge is 2.26. The zero-order chi connectivity index (χ0) is 56.2. The summed E-state index contributed by atoms with van der Waals surface area (Å²) in [6, 6.07) is 12.8. The molecule has 0 aliphatic rings. The SMILES string of the molecule is CCc1cc(Nc2nccn3c(-c4ccc(OC(F)F)c(F)c4F)cnc23)ccc1C(=O)NCCCNC(=O)OC(C)(C)C.CCc1cc(Nc2nccn3c(I)cnc23)ccc1C(=O)NCCCN(C(=O)O)C(C)(C)C. The number of carbonyl (C=O) groups is 4. The zero-order valence-electron chi connectivity index (χ0n) is 43.7. The number of ether oxygens (including phenoxy) is 2. The van der Waals surface area contributed by atoms with E-state index >= 15 is 0 Å². The minimum absolute atomic E-state index is 0.160. The van der Waals surface area contributed by atoms with Crippen molar-refractivity contribution in [3.63, 3.8) is 0 Å². The van der Waals surface area contributed by atoms with Crippen molar-refractivity contribution < 1.29 is 51.3 Å². The van der Waals surface area contributed by atoms with Crippen LogP contribution in [0.5, 0.6) is 5.75 Å². The molecule has 4 heterocycles. The van der Waals surface area contributed by atoms with Gasteiger partial charge in [-0.3, -0.25) is 18.4 Å². The van der Waals surface area contributed by atoms with Crippen LogP contribution in [0.4, 0.5) is 50.2 Å². The monoisotopic (exact) mass is 1180 g/mol. The quantitative estimate of drug-likeness (QED) is 0.0252. The lowest BCUT2D eigenvalue weighted by atomic mass is 10.0. The molecule has 6 N–H and O–H groups in total. The van der Waals surface area contributed by atoms with E-state index in [2.05, 4.69) is 73.8 Å². The average molecular weight is 1180 g/mol. The number of rotatable bonds is 19. The Labute approximate surface area is 455 Å². The lowest BCUT2D eigenvalue weighted by molar-refractivity contribution is -0.0525. The van der Waals surface area contributed by atoms with Crippen LogP contribution in [-0.4, -0.2) is 107 Å². The van der Waals surface area contributed by atoms with Gasteiger partial charge in [-0.2, -0.15) is 13.2 Å². The molecule has 7 rings (SSSR count). The van der Waals surface area contributed by atoms with Crippen molar-refractivity contribution in [1.82, 2.24) is 49.6 Å². The van der Waals surface area contributed by atoms with Gasteiger partial charge in [0.05, 0.1) is 18.1 Å². The molecule has 0 saturated carbocycles. The summed E-state index contributed by atoms with van der Waals surface area (Å²) < 4.78 is 67.8. The third-order valence-electron chi connectivity index (χ3n) is 11.5. The second-order valence-electron chi connectivity index (χ2n) is 19.2. The Balaban J connectivity index is 0.000000260. The van der Waals surface area contributed by atoms with Gasteiger partial charge in [-0.05, 0) is 149 Å². The Hall–Kier alpha value is -7.77. The van der Waals surface area contributed by atoms with Gasteiger partial charge in [-0.25, -0.2) is 33.9 Å². The fourth-order valence-electron chi connectivity index (χ4n) is 7.89. The van der Waals surface area contributed by atoms with Gasteiger partial charge in [0.15, 0.2) is 34.5 Å². The number of aromatic nitrogens is 6. The van der Waals surface area contributed by atoms with Gasteiger partial charge in [-0.15, -0.1) is 0 Å². The minimum Gasteiger partial charge on any atom is -0.465 e. The van der Waals surface area contributed by atoms with Crippen LogP contribution in [0.2, 0.25) is 0 Å². The largest absolute Gasteiger partial charge is 0.465 e. The normalized spacial score (nSPS) is 11.5. The Kier molecular flexibility index (Phi) is 19.6. The second-order valence-corrected chi connectivity index (χ2v) is 20.3. The van der Waals surface area contributed by atoms with Gasteiger partial charge in [-0.1, -0.05) is 13.8 Å². The molecule has 19 nitrogen and oxygen atoms in total. The third-order valence-corrected chi connectivity index (χ3v) is 12.3. The highest BCUT2D eigenvalue weighted by atomic mass is 127. The summed E-state index contributed by atoms with van der Waals surface area (Å²) >= 11 is 2.22. The van der Waals surface area contributed by atoms with Crippen molar-refractivity contribution in [2.75, 3.05) is 36.8 Å². The molecular weight excluding hydrogens is 1120 g/mol. The number of aryl methyl sites for hydroxylation is 2. The Bertz CT molecular complexity index is 3230. The van der Waals surface area contributed by atoms with E-state index in [1.165, 1.54) is 27.9 Å². The van der Waals surface area contributed by atoms with Crippen LogP contribution in [0.3, 0.4) is 0 Å². The van der Waals surface area contributed by atoms with Crippen LogP contribution in [0.1, 0.15) is 100 Å². The molecule has 0 bridgehead atoms. The Morgan fingerprint density at radius 2 is 1.25 bits per heavy atom. The predicted octanol–water partition coefficient (Wildman–Crippen LogP) is 10.8. The van der Waals surface area contributed by atoms with E-state index in [1.807, 2.05) is 57.3 Å². The van der Waals surface area contributed by atoms with Crippen molar-refractivity contribution >= 4 is 80.9 Å². The number of benzene rings is 3. The maximum absolute atomic E-state index is 14.8. The summed E-state index contributed by atoms with van der Waals surface area (Å²) in [7, 11) is 0. The van der Waals surface area contributed by atoms with E-state index in [9.17, 15) is 41.8 Å². The van der Waals surface area contributed by atoms with Crippen LogP contribution in [-0.2, 0) is 17.6 Å². The number of carbonyl (C=O) groups excluding carboxylic acids is 3. The molecule has 0 atom stereocenters. The number of nitrogens with zero attached hydrogens (tertiary/aromatic N) is 7. The number of halogens is 5. The number of hydrogen-bond acceptors (Lipinski definition) is 12. The molecule has 0 spiro atoms. The second kappa shape index (κ2) is 25.8. The van der Waals surface area contributed by atoms with E-state index in [0.29, 0.717) is 80.3 Å². The molecule has 4 aromatic heterocycles. The van der Waals surface area contributed by atoms with Crippen LogP contribution in [0.25, 0.3) is 22.6 Å². The van der Waals surface area contributed by atoms with Gasteiger partial charge < -0.3 is 46.1 Å². The summed E-state index contributed by atoms with van der Waals surface area (Å²) in [5.74, 6) is -3.30. The molecule has 7 aromatic rings. The summed E-state index contributed by atoms with van der Waals surface area (Å²) in [5.41, 5.74) is 4.09. The van der Waals surface area contributed by atoms with E-state index in [1.54, 1.807) is 57.4 Å². The predicted molar refractivity (Wildman–Crippen MR) is 292 cm³/mol. The summed E-state index contributed by atoms with van der Waals surface area (Å²) in [6.45, 7) is 12.9. The number of alkyl halides is 2. The number of alkyl carbamates (subject to hydrolysis) is 1. The van der Waals surface area contributed by atoms with Gasteiger partial charge in [0.1, 0.15) is 9.30 Å². The number of anilines is 4. The van der Waals surface area contributed by atoms with Crippen molar-refractivity contribution in [3.8, 4) is 17.0 Å². The van der Waals surface area contributed by atoms with Crippen molar-refractivity contribution in [1.29, 1.82) is 0 Å². The Morgan fingerprint density at radius 1 is 0.714 bits per heavy atom. The molecule has 0 fully saturated rings. The lowest BCUT2D eigenvalue weighted by Crippen LogP contribution is -2.46. The molecule has 4 amide bonds. The maximum Gasteiger partial charge on any atom is 0.407 e. The molecule has 3 aromatic carbocycles. The molecule has 0 aliphatic heterocycles. The van der Waals surface area contributed by atoms with E-state index in [0.717, 1.165) is 38.3 Å². The van der Waals surface area contributed by atoms with Crippen molar-refractivity contribution in [2.24, 2.45) is 0 Å². The number of nitrogens with one attached hydrogen (secondary N) is 5.